The van der Waals surface area contributed by atoms with Crippen molar-refractivity contribution in [2.75, 3.05) is 20.1 Å². The van der Waals surface area contributed by atoms with Gasteiger partial charge in [-0.15, -0.1) is 0 Å². The fourth-order valence-corrected chi connectivity index (χ4v) is 1.63. The number of likely N-dealkylation sites (tertiary alicyclic amines) is 1. The van der Waals surface area contributed by atoms with E-state index < -0.39 is 0 Å². The number of rotatable bonds is 2. The van der Waals surface area contributed by atoms with Crippen molar-refractivity contribution in [3.8, 4) is 6.07 Å². The van der Waals surface area contributed by atoms with Gasteiger partial charge in [-0.1, -0.05) is 0 Å². The van der Waals surface area contributed by atoms with Crippen LogP contribution in [0.1, 0.15) is 20.3 Å². The maximum atomic E-state index is 8.98. The molecular formula is C9H17N3. The minimum atomic E-state index is -0.287. The molecule has 1 N–H and O–H groups in total. The molecule has 1 unspecified atom stereocenters. The third kappa shape index (κ3) is 1.60. The van der Waals surface area contributed by atoms with Crippen LogP contribution >= 0.6 is 0 Å². The summed E-state index contributed by atoms with van der Waals surface area (Å²) in [4.78, 5) is 2.33. The second-order valence-corrected chi connectivity index (χ2v) is 3.76. The van der Waals surface area contributed by atoms with E-state index in [1.54, 1.807) is 0 Å². The fourth-order valence-electron chi connectivity index (χ4n) is 1.63. The van der Waals surface area contributed by atoms with Crippen LogP contribution in [-0.4, -0.2) is 36.6 Å². The second kappa shape index (κ2) is 3.42. The molecule has 1 heterocycles. The Bertz CT molecular complexity index is 194. The Kier molecular flexibility index (Phi) is 2.71. The topological polar surface area (TPSA) is 39.1 Å². The molecule has 0 aromatic rings. The van der Waals surface area contributed by atoms with Crippen LogP contribution in [0.25, 0.3) is 0 Å². The van der Waals surface area contributed by atoms with Gasteiger partial charge in [-0.2, -0.15) is 5.26 Å². The molecular weight excluding hydrogens is 150 g/mol. The van der Waals surface area contributed by atoms with E-state index in [-0.39, 0.29) is 5.54 Å². The SMILES string of the molecule is CNC1(C#N)CCN(C(C)C)C1. The van der Waals surface area contributed by atoms with Gasteiger partial charge in [0.05, 0.1) is 6.07 Å². The molecule has 0 aromatic carbocycles. The van der Waals surface area contributed by atoms with Gasteiger partial charge in [-0.3, -0.25) is 4.90 Å². The van der Waals surface area contributed by atoms with E-state index in [1.807, 2.05) is 7.05 Å². The first-order valence-corrected chi connectivity index (χ1v) is 4.48. The first-order valence-electron chi connectivity index (χ1n) is 4.48. The zero-order chi connectivity index (χ0) is 9.19. The Morgan fingerprint density at radius 1 is 1.58 bits per heavy atom. The van der Waals surface area contributed by atoms with E-state index in [0.29, 0.717) is 6.04 Å². The number of nitriles is 1. The van der Waals surface area contributed by atoms with Crippen molar-refractivity contribution in [1.82, 2.24) is 10.2 Å². The van der Waals surface area contributed by atoms with E-state index in [9.17, 15) is 0 Å². The van der Waals surface area contributed by atoms with Crippen molar-refractivity contribution < 1.29 is 0 Å². The van der Waals surface area contributed by atoms with Gasteiger partial charge in [0.1, 0.15) is 5.54 Å². The molecule has 0 radical (unpaired) electrons. The van der Waals surface area contributed by atoms with Crippen molar-refractivity contribution in [2.24, 2.45) is 0 Å². The van der Waals surface area contributed by atoms with Crippen LogP contribution in [0.3, 0.4) is 0 Å². The number of hydrogen-bond donors (Lipinski definition) is 1. The molecule has 0 amide bonds. The second-order valence-electron chi connectivity index (χ2n) is 3.76. The highest BCUT2D eigenvalue weighted by molar-refractivity contribution is 5.12. The van der Waals surface area contributed by atoms with Crippen molar-refractivity contribution >= 4 is 0 Å². The van der Waals surface area contributed by atoms with E-state index in [4.69, 9.17) is 5.26 Å². The molecule has 1 aliphatic rings. The summed E-state index contributed by atoms with van der Waals surface area (Å²) in [5.74, 6) is 0. The molecule has 0 bridgehead atoms. The molecule has 1 atom stereocenters. The maximum absolute atomic E-state index is 8.98. The standard InChI is InChI=1S/C9H17N3/c1-8(2)12-5-4-9(6-10,7-12)11-3/h8,11H,4-5,7H2,1-3H3. The van der Waals surface area contributed by atoms with Crippen molar-refractivity contribution in [2.45, 2.75) is 31.8 Å². The van der Waals surface area contributed by atoms with Crippen LogP contribution in [0.4, 0.5) is 0 Å². The molecule has 0 saturated carbocycles. The lowest BCUT2D eigenvalue weighted by molar-refractivity contribution is 0.260. The van der Waals surface area contributed by atoms with Crippen LogP contribution in [0.5, 0.6) is 0 Å². The van der Waals surface area contributed by atoms with E-state index in [0.717, 1.165) is 19.5 Å². The molecule has 1 saturated heterocycles. The fraction of sp³-hybridized carbons (Fsp3) is 0.889. The molecule has 0 spiro atoms. The Morgan fingerprint density at radius 3 is 2.50 bits per heavy atom. The van der Waals surface area contributed by atoms with Crippen LogP contribution in [0.15, 0.2) is 0 Å². The van der Waals surface area contributed by atoms with E-state index in [2.05, 4.69) is 30.1 Å². The molecule has 1 rings (SSSR count). The molecule has 3 heteroatoms. The molecule has 3 nitrogen and oxygen atoms in total. The summed E-state index contributed by atoms with van der Waals surface area (Å²) in [6, 6.07) is 2.91. The first kappa shape index (κ1) is 9.50. The Balaban J connectivity index is 2.60. The van der Waals surface area contributed by atoms with Gasteiger partial charge >= 0.3 is 0 Å². The monoisotopic (exact) mass is 167 g/mol. The van der Waals surface area contributed by atoms with Crippen LogP contribution < -0.4 is 5.32 Å². The van der Waals surface area contributed by atoms with Gasteiger partial charge < -0.3 is 5.32 Å². The summed E-state index contributed by atoms with van der Waals surface area (Å²) >= 11 is 0. The minimum Gasteiger partial charge on any atom is -0.301 e. The summed E-state index contributed by atoms with van der Waals surface area (Å²) in [6.45, 7) is 6.23. The van der Waals surface area contributed by atoms with Gasteiger partial charge in [-0.05, 0) is 27.3 Å². The zero-order valence-corrected chi connectivity index (χ0v) is 8.09. The molecule has 0 aromatic heterocycles. The van der Waals surface area contributed by atoms with Crippen LogP contribution in [0, 0.1) is 11.3 Å². The van der Waals surface area contributed by atoms with Gasteiger partial charge in [0.15, 0.2) is 0 Å². The third-order valence-electron chi connectivity index (χ3n) is 2.72. The van der Waals surface area contributed by atoms with Gasteiger partial charge in [-0.25, -0.2) is 0 Å². The number of likely N-dealkylation sites (N-methyl/N-ethyl adjacent to an activating group) is 1. The van der Waals surface area contributed by atoms with Gasteiger partial charge in [0, 0.05) is 19.1 Å². The molecule has 1 aliphatic heterocycles. The smallest absolute Gasteiger partial charge is 0.120 e. The summed E-state index contributed by atoms with van der Waals surface area (Å²) in [7, 11) is 1.87. The molecule has 12 heavy (non-hydrogen) atoms. The Labute approximate surface area is 74.4 Å². The summed E-state index contributed by atoms with van der Waals surface area (Å²) < 4.78 is 0. The van der Waals surface area contributed by atoms with Gasteiger partial charge in [0.25, 0.3) is 0 Å². The lowest BCUT2D eigenvalue weighted by Gasteiger charge is -2.23. The van der Waals surface area contributed by atoms with Crippen molar-refractivity contribution in [3.63, 3.8) is 0 Å². The zero-order valence-electron chi connectivity index (χ0n) is 8.09. The normalized spacial score (nSPS) is 30.9. The summed E-state index contributed by atoms with van der Waals surface area (Å²) in [6.07, 6.45) is 0.943. The minimum absolute atomic E-state index is 0.287. The Morgan fingerprint density at radius 2 is 2.25 bits per heavy atom. The van der Waals surface area contributed by atoms with E-state index in [1.165, 1.54) is 0 Å². The highest BCUT2D eigenvalue weighted by Crippen LogP contribution is 2.21. The third-order valence-corrected chi connectivity index (χ3v) is 2.72. The van der Waals surface area contributed by atoms with E-state index >= 15 is 0 Å². The largest absolute Gasteiger partial charge is 0.301 e. The first-order chi connectivity index (χ1) is 5.63. The quantitative estimate of drug-likeness (QED) is 0.654. The van der Waals surface area contributed by atoms with Gasteiger partial charge in [0.2, 0.25) is 0 Å². The summed E-state index contributed by atoms with van der Waals surface area (Å²) in [5, 5.41) is 12.1. The van der Waals surface area contributed by atoms with Crippen LogP contribution in [0.2, 0.25) is 0 Å². The summed E-state index contributed by atoms with van der Waals surface area (Å²) in [5.41, 5.74) is -0.287. The Hall–Kier alpha value is -0.590. The average molecular weight is 167 g/mol. The van der Waals surface area contributed by atoms with Crippen molar-refractivity contribution in [3.05, 3.63) is 0 Å². The maximum Gasteiger partial charge on any atom is 0.120 e. The predicted octanol–water partition coefficient (Wildman–Crippen LogP) is 0.582. The molecule has 0 aliphatic carbocycles. The lowest BCUT2D eigenvalue weighted by Crippen LogP contribution is -2.45. The predicted molar refractivity (Wildman–Crippen MR) is 48.7 cm³/mol. The van der Waals surface area contributed by atoms with Crippen molar-refractivity contribution in [1.29, 1.82) is 5.26 Å². The number of hydrogen-bond acceptors (Lipinski definition) is 3. The highest BCUT2D eigenvalue weighted by atomic mass is 15.2. The molecule has 68 valence electrons. The number of nitrogens with zero attached hydrogens (tertiary/aromatic N) is 2. The van der Waals surface area contributed by atoms with Crippen LogP contribution in [-0.2, 0) is 0 Å². The lowest BCUT2D eigenvalue weighted by atomic mass is 10.0. The average Bonchev–Trinajstić information content (AvgIpc) is 2.49. The number of nitrogens with one attached hydrogen (secondary N) is 1. The highest BCUT2D eigenvalue weighted by Gasteiger charge is 2.37. The molecule has 1 fully saturated rings.